The number of amides is 1. The quantitative estimate of drug-likeness (QED) is 0.895. The van der Waals surface area contributed by atoms with Gasteiger partial charge in [0.1, 0.15) is 5.75 Å². The van der Waals surface area contributed by atoms with Gasteiger partial charge in [0, 0.05) is 11.3 Å². The number of ether oxygens (including phenoxy) is 1. The van der Waals surface area contributed by atoms with Gasteiger partial charge in [0.2, 0.25) is 0 Å². The van der Waals surface area contributed by atoms with Gasteiger partial charge in [-0.05, 0) is 36.8 Å². The Kier molecular flexibility index (Phi) is 3.63. The second-order valence-corrected chi connectivity index (χ2v) is 4.00. The van der Waals surface area contributed by atoms with Gasteiger partial charge in [-0.15, -0.1) is 0 Å². The minimum absolute atomic E-state index is 0.139. The van der Waals surface area contributed by atoms with Crippen LogP contribution < -0.4 is 10.1 Å². The van der Waals surface area contributed by atoms with Crippen LogP contribution in [0.3, 0.4) is 0 Å². The lowest BCUT2D eigenvalue weighted by Crippen LogP contribution is -2.11. The number of anilines is 1. The Morgan fingerprint density at radius 3 is 2.50 bits per heavy atom. The molecule has 2 aromatic rings. The number of methoxy groups -OCH3 is 1. The zero-order valence-electron chi connectivity index (χ0n) is 10.4. The zero-order valence-corrected chi connectivity index (χ0v) is 10.4. The Labute approximate surface area is 106 Å². The number of hydrogen-bond donors (Lipinski definition) is 1. The van der Waals surface area contributed by atoms with Crippen molar-refractivity contribution in [3.63, 3.8) is 0 Å². The molecule has 92 valence electrons. The Bertz CT molecular complexity index is 550. The Balaban J connectivity index is 2.19. The van der Waals surface area contributed by atoms with Gasteiger partial charge >= 0.3 is 0 Å². The van der Waals surface area contributed by atoms with E-state index in [1.54, 1.807) is 19.2 Å². The Hall–Kier alpha value is -2.29. The minimum atomic E-state index is -0.139. The first-order chi connectivity index (χ1) is 8.70. The van der Waals surface area contributed by atoms with Gasteiger partial charge in [0.15, 0.2) is 0 Å². The average molecular weight is 241 g/mol. The minimum Gasteiger partial charge on any atom is -0.496 e. The summed E-state index contributed by atoms with van der Waals surface area (Å²) in [6.07, 6.45) is 0. The van der Waals surface area contributed by atoms with Crippen molar-refractivity contribution in [3.05, 3.63) is 59.7 Å². The van der Waals surface area contributed by atoms with Gasteiger partial charge in [-0.2, -0.15) is 0 Å². The molecule has 0 saturated carbocycles. The lowest BCUT2D eigenvalue weighted by molar-refractivity contribution is 0.102. The molecular weight excluding hydrogens is 226 g/mol. The molecule has 0 unspecified atom stereocenters. The van der Waals surface area contributed by atoms with Crippen LogP contribution in [0.4, 0.5) is 5.69 Å². The zero-order chi connectivity index (χ0) is 13.0. The van der Waals surface area contributed by atoms with E-state index < -0.39 is 0 Å². The molecule has 0 heterocycles. The van der Waals surface area contributed by atoms with E-state index in [2.05, 4.69) is 5.32 Å². The number of nitrogens with one attached hydrogen (secondary N) is 1. The molecule has 3 heteroatoms. The summed E-state index contributed by atoms with van der Waals surface area (Å²) in [6.45, 7) is 1.94. The fourth-order valence-corrected chi connectivity index (χ4v) is 1.69. The molecule has 0 aromatic heterocycles. The van der Waals surface area contributed by atoms with Crippen molar-refractivity contribution >= 4 is 11.6 Å². The molecular formula is C15H15NO2. The number of benzene rings is 2. The molecule has 0 radical (unpaired) electrons. The Morgan fingerprint density at radius 2 is 1.83 bits per heavy atom. The predicted octanol–water partition coefficient (Wildman–Crippen LogP) is 3.26. The third-order valence-corrected chi connectivity index (χ3v) is 2.70. The van der Waals surface area contributed by atoms with Crippen LogP contribution in [-0.2, 0) is 0 Å². The molecule has 1 amide bonds. The maximum atomic E-state index is 12.0. The van der Waals surface area contributed by atoms with Crippen LogP contribution in [0.1, 0.15) is 15.9 Å². The van der Waals surface area contributed by atoms with E-state index in [0.717, 1.165) is 17.0 Å². The number of carbonyl (C=O) groups excluding carboxylic acids is 1. The summed E-state index contributed by atoms with van der Waals surface area (Å²) in [6, 6.07) is 14.8. The van der Waals surface area contributed by atoms with E-state index in [4.69, 9.17) is 4.74 Å². The van der Waals surface area contributed by atoms with E-state index in [0.29, 0.717) is 5.56 Å². The topological polar surface area (TPSA) is 38.3 Å². The van der Waals surface area contributed by atoms with Crippen molar-refractivity contribution in [3.8, 4) is 5.75 Å². The third kappa shape index (κ3) is 2.69. The molecule has 18 heavy (non-hydrogen) atoms. The SMILES string of the molecule is COc1cc(C(=O)Nc2ccccc2)ccc1C. The molecule has 2 rings (SSSR count). The van der Waals surface area contributed by atoms with Crippen molar-refractivity contribution in [1.82, 2.24) is 0 Å². The average Bonchev–Trinajstić information content (AvgIpc) is 2.40. The highest BCUT2D eigenvalue weighted by Gasteiger charge is 2.08. The number of para-hydroxylation sites is 1. The van der Waals surface area contributed by atoms with Crippen LogP contribution in [0.25, 0.3) is 0 Å². The molecule has 0 atom stereocenters. The lowest BCUT2D eigenvalue weighted by Gasteiger charge is -2.08. The van der Waals surface area contributed by atoms with E-state index in [1.165, 1.54) is 0 Å². The highest BCUT2D eigenvalue weighted by atomic mass is 16.5. The van der Waals surface area contributed by atoms with E-state index in [9.17, 15) is 4.79 Å². The number of hydrogen-bond acceptors (Lipinski definition) is 2. The molecule has 1 N–H and O–H groups in total. The van der Waals surface area contributed by atoms with E-state index in [-0.39, 0.29) is 5.91 Å². The maximum absolute atomic E-state index is 12.0. The van der Waals surface area contributed by atoms with Gasteiger partial charge in [0.25, 0.3) is 5.91 Å². The van der Waals surface area contributed by atoms with Gasteiger partial charge in [-0.1, -0.05) is 24.3 Å². The third-order valence-electron chi connectivity index (χ3n) is 2.70. The molecule has 0 spiro atoms. The molecule has 0 saturated heterocycles. The molecule has 0 bridgehead atoms. The van der Waals surface area contributed by atoms with E-state index in [1.807, 2.05) is 43.3 Å². The molecule has 0 aliphatic carbocycles. The first kappa shape index (κ1) is 12.2. The lowest BCUT2D eigenvalue weighted by atomic mass is 10.1. The van der Waals surface area contributed by atoms with Gasteiger partial charge in [-0.3, -0.25) is 4.79 Å². The standard InChI is InChI=1S/C15H15NO2/c1-11-8-9-12(10-14(11)18-2)15(17)16-13-6-4-3-5-7-13/h3-10H,1-2H3,(H,16,17). The van der Waals surface area contributed by atoms with Gasteiger partial charge < -0.3 is 10.1 Å². The van der Waals surface area contributed by atoms with Crippen LogP contribution >= 0.6 is 0 Å². The summed E-state index contributed by atoms with van der Waals surface area (Å²) >= 11 is 0. The van der Waals surface area contributed by atoms with Crippen molar-refractivity contribution in [1.29, 1.82) is 0 Å². The van der Waals surface area contributed by atoms with Crippen LogP contribution in [0.5, 0.6) is 5.75 Å². The summed E-state index contributed by atoms with van der Waals surface area (Å²) in [5.74, 6) is 0.579. The summed E-state index contributed by atoms with van der Waals surface area (Å²) < 4.78 is 5.21. The van der Waals surface area contributed by atoms with Gasteiger partial charge in [0.05, 0.1) is 7.11 Å². The summed E-state index contributed by atoms with van der Waals surface area (Å²) in [4.78, 5) is 12.0. The molecule has 2 aromatic carbocycles. The smallest absolute Gasteiger partial charge is 0.255 e. The largest absolute Gasteiger partial charge is 0.496 e. The highest BCUT2D eigenvalue weighted by molar-refractivity contribution is 6.04. The predicted molar refractivity (Wildman–Crippen MR) is 72.1 cm³/mol. The summed E-state index contributed by atoms with van der Waals surface area (Å²) in [5, 5.41) is 2.83. The number of carbonyl (C=O) groups is 1. The normalized spacial score (nSPS) is 9.89. The molecule has 0 fully saturated rings. The van der Waals surface area contributed by atoms with Crippen molar-refractivity contribution < 1.29 is 9.53 Å². The molecule has 0 aliphatic heterocycles. The maximum Gasteiger partial charge on any atom is 0.255 e. The number of rotatable bonds is 3. The second-order valence-electron chi connectivity index (χ2n) is 4.00. The Morgan fingerprint density at radius 1 is 1.11 bits per heavy atom. The van der Waals surface area contributed by atoms with Crippen LogP contribution in [-0.4, -0.2) is 13.0 Å². The number of aryl methyl sites for hydroxylation is 1. The summed E-state index contributed by atoms with van der Waals surface area (Å²) in [7, 11) is 1.60. The fraction of sp³-hybridized carbons (Fsp3) is 0.133. The first-order valence-electron chi connectivity index (χ1n) is 5.72. The molecule has 3 nitrogen and oxygen atoms in total. The van der Waals surface area contributed by atoms with Crippen molar-refractivity contribution in [2.45, 2.75) is 6.92 Å². The highest BCUT2D eigenvalue weighted by Crippen LogP contribution is 2.19. The molecule has 0 aliphatic rings. The first-order valence-corrected chi connectivity index (χ1v) is 5.72. The van der Waals surface area contributed by atoms with Crippen LogP contribution in [0.2, 0.25) is 0 Å². The second kappa shape index (κ2) is 5.36. The van der Waals surface area contributed by atoms with Crippen molar-refractivity contribution in [2.75, 3.05) is 12.4 Å². The summed E-state index contributed by atoms with van der Waals surface area (Å²) in [5.41, 5.74) is 2.37. The fourth-order valence-electron chi connectivity index (χ4n) is 1.69. The van der Waals surface area contributed by atoms with Gasteiger partial charge in [-0.25, -0.2) is 0 Å². The van der Waals surface area contributed by atoms with Crippen LogP contribution in [0, 0.1) is 6.92 Å². The van der Waals surface area contributed by atoms with Crippen molar-refractivity contribution in [2.24, 2.45) is 0 Å². The van der Waals surface area contributed by atoms with E-state index >= 15 is 0 Å². The monoisotopic (exact) mass is 241 g/mol. The van der Waals surface area contributed by atoms with Crippen LogP contribution in [0.15, 0.2) is 48.5 Å².